The number of rotatable bonds is 5. The molecule has 0 spiro atoms. The molecule has 0 fully saturated rings. The van der Waals surface area contributed by atoms with Crippen LogP contribution in [0.25, 0.3) is 0 Å². The van der Waals surface area contributed by atoms with Gasteiger partial charge in [-0.05, 0) is 45.0 Å². The molecule has 3 N–H and O–H groups in total. The largest absolute Gasteiger partial charge is 0.466 e. The van der Waals surface area contributed by atoms with Gasteiger partial charge in [0, 0.05) is 23.4 Å². The minimum absolute atomic E-state index is 0.0731. The summed E-state index contributed by atoms with van der Waals surface area (Å²) in [7, 11) is 0. The Hall–Kier alpha value is -2.76. The lowest BCUT2D eigenvalue weighted by Crippen LogP contribution is -2.31. The van der Waals surface area contributed by atoms with Crippen molar-refractivity contribution in [1.29, 1.82) is 0 Å². The quantitative estimate of drug-likeness (QED) is 0.771. The van der Waals surface area contributed by atoms with Gasteiger partial charge in [0.2, 0.25) is 5.91 Å². The predicted octanol–water partition coefficient (Wildman–Crippen LogP) is 4.13. The fraction of sp³-hybridized carbons (Fsp3) is 0.333. The van der Waals surface area contributed by atoms with Crippen LogP contribution < -0.4 is 16.0 Å². The van der Waals surface area contributed by atoms with E-state index in [1.54, 1.807) is 31.2 Å². The fourth-order valence-electron chi connectivity index (χ4n) is 2.45. The molecule has 0 saturated heterocycles. The Morgan fingerprint density at radius 3 is 2.38 bits per heavy atom. The summed E-state index contributed by atoms with van der Waals surface area (Å²) < 4.78 is 5.49. The van der Waals surface area contributed by atoms with Gasteiger partial charge in [-0.25, -0.2) is 4.79 Å². The predicted molar refractivity (Wildman–Crippen MR) is 94.1 cm³/mol. The van der Waals surface area contributed by atoms with E-state index >= 15 is 0 Å². The minimum atomic E-state index is -0.320. The van der Waals surface area contributed by atoms with Crippen molar-refractivity contribution >= 4 is 23.3 Å². The van der Waals surface area contributed by atoms with E-state index in [4.69, 9.17) is 4.42 Å². The summed E-state index contributed by atoms with van der Waals surface area (Å²) in [6.45, 7) is 7.43. The first-order valence-corrected chi connectivity index (χ1v) is 7.93. The Kier molecular flexibility index (Phi) is 5.63. The van der Waals surface area contributed by atoms with Crippen LogP contribution in [0.2, 0.25) is 0 Å². The SMILES string of the molecule is CCC(=O)Nc1cccc(NC(=O)N[C@H](C)c2cc(C)oc2C)c1. The minimum Gasteiger partial charge on any atom is -0.466 e. The van der Waals surface area contributed by atoms with E-state index in [-0.39, 0.29) is 18.0 Å². The maximum absolute atomic E-state index is 12.2. The maximum atomic E-state index is 12.2. The normalized spacial score (nSPS) is 11.7. The molecular weight excluding hydrogens is 306 g/mol. The molecule has 0 saturated carbocycles. The van der Waals surface area contributed by atoms with Crippen LogP contribution in [-0.4, -0.2) is 11.9 Å². The lowest BCUT2D eigenvalue weighted by Gasteiger charge is -2.14. The third kappa shape index (κ3) is 4.62. The maximum Gasteiger partial charge on any atom is 0.319 e. The second kappa shape index (κ2) is 7.68. The highest BCUT2D eigenvalue weighted by molar-refractivity contribution is 5.93. The van der Waals surface area contributed by atoms with Crippen LogP contribution >= 0.6 is 0 Å². The highest BCUT2D eigenvalue weighted by atomic mass is 16.3. The van der Waals surface area contributed by atoms with E-state index in [1.807, 2.05) is 26.8 Å². The molecule has 0 aliphatic rings. The molecule has 0 aliphatic heterocycles. The number of carbonyl (C=O) groups excluding carboxylic acids is 2. The summed E-state index contributed by atoms with van der Waals surface area (Å²) in [5.74, 6) is 1.54. The van der Waals surface area contributed by atoms with Crippen molar-refractivity contribution in [2.24, 2.45) is 0 Å². The third-order valence-electron chi connectivity index (χ3n) is 3.62. The number of anilines is 2. The van der Waals surface area contributed by atoms with E-state index in [9.17, 15) is 9.59 Å². The third-order valence-corrected chi connectivity index (χ3v) is 3.62. The summed E-state index contributed by atoms with van der Waals surface area (Å²) in [5.41, 5.74) is 2.20. The van der Waals surface area contributed by atoms with Crippen LogP contribution in [-0.2, 0) is 4.79 Å². The van der Waals surface area contributed by atoms with Crippen molar-refractivity contribution in [1.82, 2.24) is 5.32 Å². The van der Waals surface area contributed by atoms with Crippen molar-refractivity contribution in [2.45, 2.75) is 40.2 Å². The molecule has 24 heavy (non-hydrogen) atoms. The molecule has 2 rings (SSSR count). The smallest absolute Gasteiger partial charge is 0.319 e. The molecule has 6 heteroatoms. The molecule has 1 aromatic heterocycles. The molecule has 0 bridgehead atoms. The molecule has 3 amide bonds. The molecular formula is C18H23N3O3. The summed E-state index contributed by atoms with van der Waals surface area (Å²) in [4.78, 5) is 23.6. The molecule has 6 nitrogen and oxygen atoms in total. The van der Waals surface area contributed by atoms with Gasteiger partial charge >= 0.3 is 6.03 Å². The molecule has 1 atom stereocenters. The number of urea groups is 1. The van der Waals surface area contributed by atoms with E-state index < -0.39 is 0 Å². The van der Waals surface area contributed by atoms with Gasteiger partial charge in [-0.2, -0.15) is 0 Å². The van der Waals surface area contributed by atoms with Gasteiger partial charge in [-0.15, -0.1) is 0 Å². The highest BCUT2D eigenvalue weighted by Gasteiger charge is 2.15. The van der Waals surface area contributed by atoms with Gasteiger partial charge in [0.15, 0.2) is 0 Å². The molecule has 0 aliphatic carbocycles. The monoisotopic (exact) mass is 329 g/mol. The topological polar surface area (TPSA) is 83.4 Å². The standard InChI is InChI=1S/C18H23N3O3/c1-5-17(22)20-14-7-6-8-15(10-14)21-18(23)19-12(3)16-9-11(2)24-13(16)4/h6-10,12H,5H2,1-4H3,(H,20,22)(H2,19,21,23)/t12-/m1/s1. The van der Waals surface area contributed by atoms with Gasteiger partial charge in [-0.3, -0.25) is 4.79 Å². The molecule has 1 aromatic carbocycles. The number of carbonyl (C=O) groups is 2. The Balaban J connectivity index is 1.98. The highest BCUT2D eigenvalue weighted by Crippen LogP contribution is 2.21. The molecule has 0 radical (unpaired) electrons. The zero-order valence-electron chi connectivity index (χ0n) is 14.4. The van der Waals surface area contributed by atoms with E-state index in [0.29, 0.717) is 17.8 Å². The average molecular weight is 329 g/mol. The molecule has 2 aromatic rings. The van der Waals surface area contributed by atoms with Crippen molar-refractivity contribution < 1.29 is 14.0 Å². The van der Waals surface area contributed by atoms with Crippen molar-refractivity contribution in [3.8, 4) is 0 Å². The number of amides is 3. The number of hydrogen-bond acceptors (Lipinski definition) is 3. The Bertz CT molecular complexity index is 737. The second-order valence-corrected chi connectivity index (χ2v) is 5.67. The van der Waals surface area contributed by atoms with E-state index in [2.05, 4.69) is 16.0 Å². The Labute approximate surface area is 141 Å². The summed E-state index contributed by atoms with van der Waals surface area (Å²) in [6.07, 6.45) is 0.402. The summed E-state index contributed by atoms with van der Waals surface area (Å²) in [5, 5.41) is 8.40. The van der Waals surface area contributed by atoms with Crippen molar-refractivity contribution in [2.75, 3.05) is 10.6 Å². The Morgan fingerprint density at radius 1 is 1.12 bits per heavy atom. The van der Waals surface area contributed by atoms with Crippen LogP contribution in [0.5, 0.6) is 0 Å². The van der Waals surface area contributed by atoms with Gasteiger partial charge < -0.3 is 20.4 Å². The first-order chi connectivity index (χ1) is 11.4. The van der Waals surface area contributed by atoms with Gasteiger partial charge in [0.1, 0.15) is 11.5 Å². The van der Waals surface area contributed by atoms with Crippen LogP contribution in [0.1, 0.15) is 43.4 Å². The number of benzene rings is 1. The van der Waals surface area contributed by atoms with E-state index in [0.717, 1.165) is 17.1 Å². The lowest BCUT2D eigenvalue weighted by atomic mass is 10.1. The lowest BCUT2D eigenvalue weighted by molar-refractivity contribution is -0.115. The molecule has 0 unspecified atom stereocenters. The average Bonchev–Trinajstić information content (AvgIpc) is 2.86. The summed E-state index contributed by atoms with van der Waals surface area (Å²) >= 11 is 0. The van der Waals surface area contributed by atoms with Gasteiger partial charge in [-0.1, -0.05) is 13.0 Å². The zero-order valence-corrected chi connectivity index (χ0v) is 14.4. The zero-order chi connectivity index (χ0) is 17.7. The summed E-state index contributed by atoms with van der Waals surface area (Å²) in [6, 6.07) is 8.45. The number of nitrogens with one attached hydrogen (secondary N) is 3. The first kappa shape index (κ1) is 17.6. The van der Waals surface area contributed by atoms with Crippen LogP contribution in [0, 0.1) is 13.8 Å². The van der Waals surface area contributed by atoms with Gasteiger partial charge in [0.25, 0.3) is 0 Å². The van der Waals surface area contributed by atoms with Crippen LogP contribution in [0.4, 0.5) is 16.2 Å². The van der Waals surface area contributed by atoms with Crippen molar-refractivity contribution in [3.63, 3.8) is 0 Å². The van der Waals surface area contributed by atoms with Crippen LogP contribution in [0.15, 0.2) is 34.7 Å². The number of hydrogen-bond donors (Lipinski definition) is 3. The van der Waals surface area contributed by atoms with Crippen LogP contribution in [0.3, 0.4) is 0 Å². The second-order valence-electron chi connectivity index (χ2n) is 5.67. The Morgan fingerprint density at radius 2 is 1.79 bits per heavy atom. The number of furan rings is 1. The number of aryl methyl sites for hydroxylation is 2. The molecule has 1 heterocycles. The van der Waals surface area contributed by atoms with E-state index in [1.165, 1.54) is 0 Å². The molecule has 128 valence electrons. The van der Waals surface area contributed by atoms with Crippen molar-refractivity contribution in [3.05, 3.63) is 47.4 Å². The van der Waals surface area contributed by atoms with Gasteiger partial charge in [0.05, 0.1) is 6.04 Å². The first-order valence-electron chi connectivity index (χ1n) is 7.93. The fourth-order valence-corrected chi connectivity index (χ4v) is 2.45.